The van der Waals surface area contributed by atoms with Crippen molar-refractivity contribution in [3.05, 3.63) is 12.2 Å². The van der Waals surface area contributed by atoms with Crippen molar-refractivity contribution in [3.8, 4) is 0 Å². The average molecular weight is 194 g/mol. The minimum absolute atomic E-state index is 0.498. The molecule has 3 fully saturated rings. The highest BCUT2D eigenvalue weighted by molar-refractivity contribution is 5.12. The van der Waals surface area contributed by atoms with E-state index < -0.39 is 0 Å². The maximum absolute atomic E-state index is 5.99. The van der Waals surface area contributed by atoms with E-state index in [2.05, 4.69) is 20.4 Å². The summed E-state index contributed by atoms with van der Waals surface area (Å²) in [5, 5.41) is 0. The Morgan fingerprint density at radius 2 is 2.21 bits per heavy atom. The zero-order valence-electron chi connectivity index (χ0n) is 9.46. The van der Waals surface area contributed by atoms with Gasteiger partial charge in [-0.2, -0.15) is 0 Å². The molecule has 1 heteroatoms. The van der Waals surface area contributed by atoms with Crippen LogP contribution in [0.3, 0.4) is 0 Å². The minimum Gasteiger partial charge on any atom is -0.377 e. The highest BCUT2D eigenvalue weighted by Crippen LogP contribution is 2.45. The van der Waals surface area contributed by atoms with Crippen LogP contribution in [0.25, 0.3) is 0 Å². The summed E-state index contributed by atoms with van der Waals surface area (Å²) in [6, 6.07) is 0. The predicted octanol–water partition coefficient (Wildman–Crippen LogP) is 3.40. The third-order valence-electron chi connectivity index (χ3n) is 3.62. The first-order chi connectivity index (χ1) is 6.66. The molecule has 3 aliphatic carbocycles. The molecule has 3 atom stereocenters. The Kier molecular flexibility index (Phi) is 2.96. The summed E-state index contributed by atoms with van der Waals surface area (Å²) < 4.78 is 5.99. The lowest BCUT2D eigenvalue weighted by molar-refractivity contribution is -0.0412. The second-order valence-electron chi connectivity index (χ2n) is 5.41. The Morgan fingerprint density at radius 3 is 2.79 bits per heavy atom. The molecule has 0 aliphatic heterocycles. The van der Waals surface area contributed by atoms with Crippen LogP contribution in [0, 0.1) is 17.8 Å². The molecule has 1 nitrogen and oxygen atoms in total. The minimum atomic E-state index is 0.498. The van der Waals surface area contributed by atoms with E-state index in [4.69, 9.17) is 4.74 Å². The van der Waals surface area contributed by atoms with Crippen LogP contribution in [0.1, 0.15) is 39.5 Å². The molecule has 0 N–H and O–H groups in total. The van der Waals surface area contributed by atoms with E-state index in [0.717, 1.165) is 12.5 Å². The summed E-state index contributed by atoms with van der Waals surface area (Å²) in [7, 11) is 0. The lowest BCUT2D eigenvalue weighted by Gasteiger charge is -2.43. The molecule has 0 unspecified atom stereocenters. The third-order valence-corrected chi connectivity index (χ3v) is 3.62. The molecule has 0 saturated heterocycles. The largest absolute Gasteiger partial charge is 0.377 e. The molecule has 0 aromatic carbocycles. The summed E-state index contributed by atoms with van der Waals surface area (Å²) in [5.41, 5.74) is 1.46. The second kappa shape index (κ2) is 4.06. The maximum atomic E-state index is 5.99. The van der Waals surface area contributed by atoms with E-state index in [1.54, 1.807) is 0 Å². The maximum Gasteiger partial charge on any atom is 0.0643 e. The molecule has 0 heterocycles. The van der Waals surface area contributed by atoms with Gasteiger partial charge >= 0.3 is 0 Å². The fourth-order valence-corrected chi connectivity index (χ4v) is 2.89. The first-order valence-electron chi connectivity index (χ1n) is 5.96. The average Bonchev–Trinajstić information content (AvgIpc) is 2.15. The molecule has 0 spiro atoms. The molecular weight excluding hydrogens is 172 g/mol. The lowest BCUT2D eigenvalue weighted by Crippen LogP contribution is -2.39. The van der Waals surface area contributed by atoms with E-state index in [0.29, 0.717) is 17.9 Å². The molecule has 3 saturated carbocycles. The summed E-state index contributed by atoms with van der Waals surface area (Å²) in [5.74, 6) is 2.21. The van der Waals surface area contributed by atoms with Gasteiger partial charge in [0.25, 0.3) is 0 Å². The van der Waals surface area contributed by atoms with Crippen LogP contribution in [-0.2, 0) is 4.74 Å². The van der Waals surface area contributed by atoms with Crippen molar-refractivity contribution in [1.82, 2.24) is 0 Å². The predicted molar refractivity (Wildman–Crippen MR) is 59.2 cm³/mol. The first kappa shape index (κ1) is 10.2. The Hall–Kier alpha value is -0.300. The fraction of sp³-hybridized carbons (Fsp3) is 0.846. The van der Waals surface area contributed by atoms with E-state index in [1.165, 1.54) is 31.3 Å². The standard InChI is InChI=1S/C13H22O/c1-9(2)8-14-13-7-11-4-5-12(13)10(3)6-11/h9,11-13H,3-8H2,1-2H3/t11-,12+,13-/m0/s1. The van der Waals surface area contributed by atoms with Crippen molar-refractivity contribution in [2.24, 2.45) is 17.8 Å². The summed E-state index contributed by atoms with van der Waals surface area (Å²) in [4.78, 5) is 0. The van der Waals surface area contributed by atoms with Crippen molar-refractivity contribution in [3.63, 3.8) is 0 Å². The topological polar surface area (TPSA) is 9.23 Å². The van der Waals surface area contributed by atoms with Gasteiger partial charge in [-0.05, 0) is 37.5 Å². The molecule has 3 rings (SSSR count). The van der Waals surface area contributed by atoms with Crippen LogP contribution in [-0.4, -0.2) is 12.7 Å². The van der Waals surface area contributed by atoms with Gasteiger partial charge in [0.1, 0.15) is 0 Å². The van der Waals surface area contributed by atoms with Gasteiger partial charge in [0, 0.05) is 12.5 Å². The number of fused-ring (bicyclic) bond motifs is 3. The van der Waals surface area contributed by atoms with Gasteiger partial charge in [-0.15, -0.1) is 0 Å². The molecule has 0 aromatic heterocycles. The Balaban J connectivity index is 1.90. The van der Waals surface area contributed by atoms with Gasteiger partial charge in [0.15, 0.2) is 0 Å². The van der Waals surface area contributed by atoms with Gasteiger partial charge < -0.3 is 4.74 Å². The number of rotatable bonds is 3. The molecule has 14 heavy (non-hydrogen) atoms. The Bertz CT molecular complexity index is 219. The fourth-order valence-electron chi connectivity index (χ4n) is 2.89. The van der Waals surface area contributed by atoms with Crippen molar-refractivity contribution >= 4 is 0 Å². The van der Waals surface area contributed by atoms with Gasteiger partial charge in [0.05, 0.1) is 6.10 Å². The molecule has 0 radical (unpaired) electrons. The Labute approximate surface area is 87.5 Å². The number of hydrogen-bond donors (Lipinski definition) is 0. The molecule has 0 amide bonds. The van der Waals surface area contributed by atoms with Crippen molar-refractivity contribution in [2.75, 3.05) is 6.61 Å². The van der Waals surface area contributed by atoms with Crippen LogP contribution in [0.4, 0.5) is 0 Å². The van der Waals surface area contributed by atoms with Gasteiger partial charge in [-0.3, -0.25) is 0 Å². The summed E-state index contributed by atoms with van der Waals surface area (Å²) in [6.45, 7) is 9.55. The molecule has 3 aliphatic rings. The Morgan fingerprint density at radius 1 is 1.43 bits per heavy atom. The van der Waals surface area contributed by atoms with Gasteiger partial charge in [-0.25, -0.2) is 0 Å². The van der Waals surface area contributed by atoms with E-state index in [9.17, 15) is 0 Å². The highest BCUT2D eigenvalue weighted by Gasteiger charge is 2.38. The van der Waals surface area contributed by atoms with E-state index in [-0.39, 0.29) is 0 Å². The smallest absolute Gasteiger partial charge is 0.0643 e. The summed E-state index contributed by atoms with van der Waals surface area (Å²) >= 11 is 0. The molecule has 0 aromatic rings. The van der Waals surface area contributed by atoms with Crippen molar-refractivity contribution in [1.29, 1.82) is 0 Å². The van der Waals surface area contributed by atoms with Crippen molar-refractivity contribution < 1.29 is 4.74 Å². The monoisotopic (exact) mass is 194 g/mol. The quantitative estimate of drug-likeness (QED) is 0.626. The van der Waals surface area contributed by atoms with Crippen LogP contribution in [0.5, 0.6) is 0 Å². The van der Waals surface area contributed by atoms with E-state index >= 15 is 0 Å². The van der Waals surface area contributed by atoms with Crippen LogP contribution < -0.4 is 0 Å². The molecule has 80 valence electrons. The third kappa shape index (κ3) is 2.03. The zero-order valence-corrected chi connectivity index (χ0v) is 9.46. The normalized spacial score (nSPS) is 36.8. The van der Waals surface area contributed by atoms with Crippen LogP contribution >= 0.6 is 0 Å². The number of hydrogen-bond acceptors (Lipinski definition) is 1. The van der Waals surface area contributed by atoms with E-state index in [1.807, 2.05) is 0 Å². The molecule has 2 bridgehead atoms. The van der Waals surface area contributed by atoms with Gasteiger partial charge in [0.2, 0.25) is 0 Å². The molecular formula is C13H22O. The lowest BCUT2D eigenvalue weighted by atomic mass is 9.67. The summed E-state index contributed by atoms with van der Waals surface area (Å²) in [6.07, 6.45) is 5.79. The van der Waals surface area contributed by atoms with Crippen molar-refractivity contribution in [2.45, 2.75) is 45.6 Å². The first-order valence-corrected chi connectivity index (χ1v) is 5.96. The number of ether oxygens (including phenoxy) is 1. The second-order valence-corrected chi connectivity index (χ2v) is 5.41. The van der Waals surface area contributed by atoms with Crippen LogP contribution in [0.2, 0.25) is 0 Å². The zero-order chi connectivity index (χ0) is 10.1. The van der Waals surface area contributed by atoms with Gasteiger partial charge in [-0.1, -0.05) is 26.0 Å². The SMILES string of the molecule is C=C1C[C@@H]2CC[C@H]1[C@@H](OCC(C)C)C2. The highest BCUT2D eigenvalue weighted by atomic mass is 16.5. The van der Waals surface area contributed by atoms with Crippen LogP contribution in [0.15, 0.2) is 12.2 Å².